The zero-order chi connectivity index (χ0) is 12.1. The highest BCUT2D eigenvalue weighted by Crippen LogP contribution is 2.25. The summed E-state index contributed by atoms with van der Waals surface area (Å²) in [5.74, 6) is 2.77. The minimum absolute atomic E-state index is 0.690. The first kappa shape index (κ1) is 12.7. The molecule has 0 atom stereocenters. The normalized spacial score (nSPS) is 16.8. The van der Waals surface area contributed by atoms with E-state index in [-0.39, 0.29) is 0 Å². The molecule has 1 aromatic heterocycles. The van der Waals surface area contributed by atoms with Crippen LogP contribution in [0, 0.1) is 12.8 Å². The van der Waals surface area contributed by atoms with Crippen LogP contribution >= 0.6 is 0 Å². The molecule has 17 heavy (non-hydrogen) atoms. The largest absolute Gasteiger partial charge is 0.465 e. The minimum Gasteiger partial charge on any atom is -0.465 e. The van der Waals surface area contributed by atoms with Crippen molar-refractivity contribution in [1.29, 1.82) is 0 Å². The molecular formula is C14H23NO2. The molecular weight excluding hydrogens is 214 g/mol. The van der Waals surface area contributed by atoms with Gasteiger partial charge in [0.2, 0.25) is 0 Å². The number of rotatable bonds is 6. The molecule has 1 aliphatic carbocycles. The van der Waals surface area contributed by atoms with Crippen molar-refractivity contribution >= 4 is 0 Å². The molecule has 1 fully saturated rings. The third kappa shape index (κ3) is 3.58. The Labute approximate surface area is 104 Å². The molecule has 3 nitrogen and oxygen atoms in total. The van der Waals surface area contributed by atoms with Gasteiger partial charge < -0.3 is 14.5 Å². The highest BCUT2D eigenvalue weighted by Gasteiger charge is 2.15. The van der Waals surface area contributed by atoms with Crippen molar-refractivity contribution in [2.45, 2.75) is 45.8 Å². The van der Waals surface area contributed by atoms with Crippen LogP contribution in [0.5, 0.6) is 0 Å². The van der Waals surface area contributed by atoms with Gasteiger partial charge in [0, 0.05) is 12.2 Å². The Kier molecular flexibility index (Phi) is 4.63. The third-order valence-electron chi connectivity index (χ3n) is 3.51. The van der Waals surface area contributed by atoms with Crippen molar-refractivity contribution in [3.8, 4) is 0 Å². The first-order chi connectivity index (χ1) is 8.29. The molecule has 0 spiro atoms. The first-order valence-corrected chi connectivity index (χ1v) is 6.60. The van der Waals surface area contributed by atoms with Crippen LogP contribution in [0.25, 0.3) is 0 Å². The summed E-state index contributed by atoms with van der Waals surface area (Å²) in [6.45, 7) is 4.39. The van der Waals surface area contributed by atoms with Gasteiger partial charge in [-0.15, -0.1) is 0 Å². The van der Waals surface area contributed by atoms with Crippen molar-refractivity contribution < 1.29 is 9.15 Å². The molecule has 1 saturated carbocycles. The second-order valence-corrected chi connectivity index (χ2v) is 4.99. The van der Waals surface area contributed by atoms with Crippen molar-refractivity contribution in [1.82, 2.24) is 5.32 Å². The van der Waals surface area contributed by atoms with Gasteiger partial charge in [-0.3, -0.25) is 0 Å². The van der Waals surface area contributed by atoms with Crippen LogP contribution in [0.3, 0.4) is 0 Å². The lowest BCUT2D eigenvalue weighted by Gasteiger charge is -2.08. The molecule has 2 rings (SSSR count). The van der Waals surface area contributed by atoms with Crippen LogP contribution in [0.2, 0.25) is 0 Å². The smallest absolute Gasteiger partial charge is 0.118 e. The second-order valence-electron chi connectivity index (χ2n) is 4.99. The maximum Gasteiger partial charge on any atom is 0.118 e. The van der Waals surface area contributed by atoms with Gasteiger partial charge >= 0.3 is 0 Å². The summed E-state index contributed by atoms with van der Waals surface area (Å²) in [5.41, 5.74) is 1.19. The Morgan fingerprint density at radius 2 is 2.18 bits per heavy atom. The number of nitrogens with one attached hydrogen (secondary N) is 1. The maximum absolute atomic E-state index is 5.80. The Bertz CT molecular complexity index is 340. The Morgan fingerprint density at radius 1 is 1.41 bits per heavy atom. The van der Waals surface area contributed by atoms with Crippen LogP contribution in [-0.4, -0.2) is 13.7 Å². The van der Waals surface area contributed by atoms with E-state index < -0.39 is 0 Å². The lowest BCUT2D eigenvalue weighted by atomic mass is 10.1. The second kappa shape index (κ2) is 6.22. The van der Waals surface area contributed by atoms with Crippen LogP contribution in [-0.2, 0) is 17.9 Å². The zero-order valence-corrected chi connectivity index (χ0v) is 10.9. The average molecular weight is 237 g/mol. The molecule has 0 unspecified atom stereocenters. The fourth-order valence-corrected chi connectivity index (χ4v) is 2.50. The molecule has 0 saturated heterocycles. The van der Waals surface area contributed by atoms with Crippen molar-refractivity contribution in [2.75, 3.05) is 13.7 Å². The number of furan rings is 1. The fraction of sp³-hybridized carbons (Fsp3) is 0.714. The van der Waals surface area contributed by atoms with Crippen LogP contribution in [0.1, 0.15) is 42.8 Å². The quantitative estimate of drug-likeness (QED) is 0.826. The molecule has 1 aliphatic rings. The summed E-state index contributed by atoms with van der Waals surface area (Å²) in [4.78, 5) is 0. The van der Waals surface area contributed by atoms with Gasteiger partial charge in [0.15, 0.2) is 0 Å². The van der Waals surface area contributed by atoms with E-state index in [0.29, 0.717) is 6.61 Å². The van der Waals surface area contributed by atoms with E-state index in [1.165, 1.54) is 31.2 Å². The highest BCUT2D eigenvalue weighted by atomic mass is 16.5. The molecule has 0 radical (unpaired) electrons. The van der Waals surface area contributed by atoms with E-state index >= 15 is 0 Å². The number of hydrogen-bond acceptors (Lipinski definition) is 3. The molecule has 1 N–H and O–H groups in total. The van der Waals surface area contributed by atoms with Gasteiger partial charge in [-0.05, 0) is 38.8 Å². The highest BCUT2D eigenvalue weighted by molar-refractivity contribution is 5.19. The summed E-state index contributed by atoms with van der Waals surface area (Å²) in [7, 11) is 1.92. The van der Waals surface area contributed by atoms with E-state index in [2.05, 4.69) is 11.4 Å². The molecule has 0 amide bonds. The van der Waals surface area contributed by atoms with Gasteiger partial charge in [0.1, 0.15) is 11.5 Å². The SMILES string of the molecule is CNCc1cc(COCC2CCCC2)c(C)o1. The molecule has 0 bridgehead atoms. The zero-order valence-electron chi connectivity index (χ0n) is 10.9. The van der Waals surface area contributed by atoms with Gasteiger partial charge in [-0.2, -0.15) is 0 Å². The number of ether oxygens (including phenoxy) is 1. The fourth-order valence-electron chi connectivity index (χ4n) is 2.50. The number of hydrogen-bond donors (Lipinski definition) is 1. The predicted octanol–water partition coefficient (Wildman–Crippen LogP) is 3.01. The van der Waals surface area contributed by atoms with E-state index in [9.17, 15) is 0 Å². The van der Waals surface area contributed by atoms with E-state index in [1.807, 2.05) is 14.0 Å². The third-order valence-corrected chi connectivity index (χ3v) is 3.51. The summed E-state index contributed by atoms with van der Waals surface area (Å²) in [6.07, 6.45) is 5.45. The Morgan fingerprint density at radius 3 is 2.88 bits per heavy atom. The molecule has 1 aromatic rings. The van der Waals surface area contributed by atoms with Gasteiger partial charge in [0.05, 0.1) is 13.2 Å². The molecule has 96 valence electrons. The lowest BCUT2D eigenvalue weighted by Crippen LogP contribution is -2.05. The first-order valence-electron chi connectivity index (χ1n) is 6.60. The topological polar surface area (TPSA) is 34.4 Å². The van der Waals surface area contributed by atoms with Gasteiger partial charge in [-0.25, -0.2) is 0 Å². The minimum atomic E-state index is 0.690. The Hall–Kier alpha value is -0.800. The van der Waals surface area contributed by atoms with Crippen molar-refractivity contribution in [3.63, 3.8) is 0 Å². The Balaban J connectivity index is 1.77. The van der Waals surface area contributed by atoms with E-state index in [1.54, 1.807) is 0 Å². The summed E-state index contributed by atoms with van der Waals surface area (Å²) in [5, 5.41) is 3.09. The molecule has 0 aromatic carbocycles. The maximum atomic E-state index is 5.80. The standard InChI is InChI=1S/C14H23NO2/c1-11-13(7-14(17-11)8-15-2)10-16-9-12-5-3-4-6-12/h7,12,15H,3-6,8-10H2,1-2H3. The summed E-state index contributed by atoms with van der Waals surface area (Å²) in [6, 6.07) is 2.10. The van der Waals surface area contributed by atoms with Crippen molar-refractivity contribution in [2.24, 2.45) is 5.92 Å². The van der Waals surface area contributed by atoms with Gasteiger partial charge in [-0.1, -0.05) is 12.8 Å². The molecule has 0 aliphatic heterocycles. The average Bonchev–Trinajstić information content (AvgIpc) is 2.90. The van der Waals surface area contributed by atoms with Crippen LogP contribution in [0.4, 0.5) is 0 Å². The van der Waals surface area contributed by atoms with Crippen molar-refractivity contribution in [3.05, 3.63) is 23.2 Å². The summed E-state index contributed by atoms with van der Waals surface area (Å²) >= 11 is 0. The number of aryl methyl sites for hydroxylation is 1. The van der Waals surface area contributed by atoms with E-state index in [4.69, 9.17) is 9.15 Å². The van der Waals surface area contributed by atoms with Gasteiger partial charge in [0.25, 0.3) is 0 Å². The monoisotopic (exact) mass is 237 g/mol. The van der Waals surface area contributed by atoms with Crippen LogP contribution < -0.4 is 5.32 Å². The van der Waals surface area contributed by atoms with E-state index in [0.717, 1.165) is 30.6 Å². The van der Waals surface area contributed by atoms with Crippen LogP contribution in [0.15, 0.2) is 10.5 Å². The molecule has 1 heterocycles. The molecule has 3 heteroatoms. The summed E-state index contributed by atoms with van der Waals surface area (Å²) < 4.78 is 11.4. The lowest BCUT2D eigenvalue weighted by molar-refractivity contribution is 0.0881. The predicted molar refractivity (Wildman–Crippen MR) is 67.8 cm³/mol.